The second-order valence-electron chi connectivity index (χ2n) is 3.72. The number of benzene rings is 1. The van der Waals surface area contributed by atoms with Crippen LogP contribution in [0, 0.1) is 23.4 Å². The molecule has 0 fully saturated rings. The summed E-state index contributed by atoms with van der Waals surface area (Å²) in [7, 11) is 0. The number of amides is 1. The van der Waals surface area contributed by atoms with Gasteiger partial charge in [0.05, 0.1) is 11.6 Å². The number of nitrogens with zero attached hydrogens (tertiary/aromatic N) is 1. The molecule has 0 saturated carbocycles. The molecule has 1 rings (SSSR count). The molecule has 8 heteroatoms. The van der Waals surface area contributed by atoms with Gasteiger partial charge in [0.25, 0.3) is 0 Å². The molecule has 104 valence electrons. The Morgan fingerprint density at radius 1 is 1.37 bits per heavy atom. The van der Waals surface area contributed by atoms with E-state index in [4.69, 9.17) is 10.9 Å². The number of amidine groups is 1. The number of rotatable bonds is 4. The molecular weight excluding hydrogens is 263 g/mol. The lowest BCUT2D eigenvalue weighted by Crippen LogP contribution is -2.34. The summed E-state index contributed by atoms with van der Waals surface area (Å²) in [6, 6.07) is 0.830. The summed E-state index contributed by atoms with van der Waals surface area (Å²) < 4.78 is 38.9. The normalized spacial score (nSPS) is 13.2. The van der Waals surface area contributed by atoms with Crippen LogP contribution < -0.4 is 11.1 Å². The highest BCUT2D eigenvalue weighted by atomic mass is 19.2. The predicted octanol–water partition coefficient (Wildman–Crippen LogP) is 1.82. The van der Waals surface area contributed by atoms with Crippen LogP contribution in [0.5, 0.6) is 0 Å². The molecule has 0 aliphatic carbocycles. The van der Waals surface area contributed by atoms with Gasteiger partial charge in [-0.2, -0.15) is 0 Å². The molecule has 0 aromatic heterocycles. The van der Waals surface area contributed by atoms with E-state index in [1.54, 1.807) is 6.92 Å². The Labute approximate surface area is 106 Å². The first-order valence-electron chi connectivity index (χ1n) is 5.33. The third kappa shape index (κ3) is 3.36. The number of halogens is 3. The van der Waals surface area contributed by atoms with Crippen LogP contribution in [0.4, 0.5) is 18.9 Å². The third-order valence-corrected chi connectivity index (χ3v) is 2.47. The molecule has 0 aliphatic rings. The molecule has 1 aromatic rings. The largest absolute Gasteiger partial charge is 0.409 e. The van der Waals surface area contributed by atoms with Crippen LogP contribution >= 0.6 is 0 Å². The van der Waals surface area contributed by atoms with E-state index in [9.17, 15) is 18.0 Å². The average Bonchev–Trinajstić information content (AvgIpc) is 2.36. The highest BCUT2D eigenvalue weighted by Gasteiger charge is 2.22. The zero-order valence-electron chi connectivity index (χ0n) is 9.95. The average molecular weight is 275 g/mol. The van der Waals surface area contributed by atoms with Gasteiger partial charge in [-0.3, -0.25) is 4.79 Å². The Balaban J connectivity index is 2.96. The lowest BCUT2D eigenvalue weighted by atomic mass is 10.0. The number of anilines is 1. The highest BCUT2D eigenvalue weighted by Crippen LogP contribution is 2.19. The topological polar surface area (TPSA) is 87.7 Å². The number of carbonyl (C=O) groups is 1. The van der Waals surface area contributed by atoms with Crippen molar-refractivity contribution in [2.24, 2.45) is 16.8 Å². The van der Waals surface area contributed by atoms with Crippen molar-refractivity contribution in [2.45, 2.75) is 13.3 Å². The quantitative estimate of drug-likeness (QED) is 0.257. The van der Waals surface area contributed by atoms with Gasteiger partial charge in [0.1, 0.15) is 5.82 Å². The number of nitrogens with two attached hydrogens (primary N) is 1. The van der Waals surface area contributed by atoms with Crippen LogP contribution in [-0.4, -0.2) is 17.0 Å². The molecule has 0 saturated heterocycles. The van der Waals surface area contributed by atoms with Gasteiger partial charge >= 0.3 is 0 Å². The molecule has 1 aromatic carbocycles. The zero-order chi connectivity index (χ0) is 14.6. The summed E-state index contributed by atoms with van der Waals surface area (Å²) in [5.41, 5.74) is 4.77. The van der Waals surface area contributed by atoms with Crippen molar-refractivity contribution in [3.8, 4) is 0 Å². The third-order valence-electron chi connectivity index (χ3n) is 2.47. The molecule has 0 heterocycles. The molecule has 0 radical (unpaired) electrons. The summed E-state index contributed by atoms with van der Waals surface area (Å²) in [6.45, 7) is 1.59. The van der Waals surface area contributed by atoms with E-state index in [0.29, 0.717) is 12.1 Å². The summed E-state index contributed by atoms with van der Waals surface area (Å²) in [4.78, 5) is 11.7. The van der Waals surface area contributed by atoms with Crippen LogP contribution in [0.2, 0.25) is 0 Å². The first-order valence-corrected chi connectivity index (χ1v) is 5.33. The van der Waals surface area contributed by atoms with Gasteiger partial charge in [-0.05, 0) is 6.42 Å². The predicted molar refractivity (Wildman–Crippen MR) is 62.1 cm³/mol. The first-order chi connectivity index (χ1) is 8.90. The fourth-order valence-corrected chi connectivity index (χ4v) is 1.44. The molecule has 1 amide bonds. The maximum atomic E-state index is 13.3. The second-order valence-corrected chi connectivity index (χ2v) is 3.72. The number of oxime groups is 1. The minimum Gasteiger partial charge on any atom is -0.409 e. The van der Waals surface area contributed by atoms with Gasteiger partial charge in [0.2, 0.25) is 5.91 Å². The minimum absolute atomic E-state index is 0.188. The van der Waals surface area contributed by atoms with Gasteiger partial charge < -0.3 is 16.3 Å². The van der Waals surface area contributed by atoms with E-state index < -0.39 is 35.0 Å². The van der Waals surface area contributed by atoms with Crippen molar-refractivity contribution in [3.05, 3.63) is 29.6 Å². The highest BCUT2D eigenvalue weighted by molar-refractivity contribution is 6.07. The van der Waals surface area contributed by atoms with E-state index in [1.165, 1.54) is 0 Å². The molecule has 0 aliphatic heterocycles. The maximum Gasteiger partial charge on any atom is 0.235 e. The maximum absolute atomic E-state index is 13.3. The molecule has 19 heavy (non-hydrogen) atoms. The molecule has 1 unspecified atom stereocenters. The number of nitrogens with one attached hydrogen (secondary N) is 1. The second kappa shape index (κ2) is 6.07. The van der Waals surface area contributed by atoms with E-state index in [1.807, 2.05) is 0 Å². The van der Waals surface area contributed by atoms with Crippen LogP contribution in [0.15, 0.2) is 17.3 Å². The molecule has 0 spiro atoms. The zero-order valence-corrected chi connectivity index (χ0v) is 9.95. The summed E-state index contributed by atoms with van der Waals surface area (Å²) in [6.07, 6.45) is 0.188. The van der Waals surface area contributed by atoms with Gasteiger partial charge in [-0.1, -0.05) is 12.1 Å². The van der Waals surface area contributed by atoms with Crippen molar-refractivity contribution in [3.63, 3.8) is 0 Å². The Morgan fingerprint density at radius 3 is 2.47 bits per heavy atom. The number of hydrogen-bond acceptors (Lipinski definition) is 3. The standard InChI is InChI=1S/C11H12F3N3O2/c1-2-5(10(15)17-19)11(18)16-9-4-7(13)6(12)3-8(9)14/h3-5,19H,2H2,1H3,(H2,15,17)(H,16,18). The smallest absolute Gasteiger partial charge is 0.235 e. The van der Waals surface area contributed by atoms with E-state index in [2.05, 4.69) is 10.5 Å². The fraction of sp³-hybridized carbons (Fsp3) is 0.273. The van der Waals surface area contributed by atoms with Crippen LogP contribution in [0.1, 0.15) is 13.3 Å². The van der Waals surface area contributed by atoms with E-state index in [0.717, 1.165) is 0 Å². The van der Waals surface area contributed by atoms with Crippen molar-refractivity contribution < 1.29 is 23.2 Å². The van der Waals surface area contributed by atoms with Gasteiger partial charge in [-0.15, -0.1) is 0 Å². The monoisotopic (exact) mass is 275 g/mol. The summed E-state index contributed by atoms with van der Waals surface area (Å²) >= 11 is 0. The van der Waals surface area contributed by atoms with Gasteiger partial charge in [-0.25, -0.2) is 13.2 Å². The minimum atomic E-state index is -1.36. The van der Waals surface area contributed by atoms with Crippen molar-refractivity contribution >= 4 is 17.4 Å². The Morgan fingerprint density at radius 2 is 1.95 bits per heavy atom. The molecular formula is C11H12F3N3O2. The van der Waals surface area contributed by atoms with Crippen molar-refractivity contribution in [2.75, 3.05) is 5.32 Å². The number of hydrogen-bond donors (Lipinski definition) is 3. The van der Waals surface area contributed by atoms with Gasteiger partial charge in [0.15, 0.2) is 17.5 Å². The SMILES string of the molecule is CCC(C(=O)Nc1cc(F)c(F)cc1F)C(N)=NO. The Hall–Kier alpha value is -2.25. The summed E-state index contributed by atoms with van der Waals surface area (Å²) in [5, 5.41) is 13.2. The van der Waals surface area contributed by atoms with Crippen molar-refractivity contribution in [1.29, 1.82) is 0 Å². The lowest BCUT2D eigenvalue weighted by Gasteiger charge is -2.14. The van der Waals surface area contributed by atoms with Crippen LogP contribution in [0.3, 0.4) is 0 Å². The first kappa shape index (κ1) is 14.8. The van der Waals surface area contributed by atoms with E-state index in [-0.39, 0.29) is 12.3 Å². The molecule has 5 nitrogen and oxygen atoms in total. The van der Waals surface area contributed by atoms with Gasteiger partial charge in [0, 0.05) is 12.1 Å². The Kier molecular flexibility index (Phi) is 4.74. The molecule has 0 bridgehead atoms. The fourth-order valence-electron chi connectivity index (χ4n) is 1.44. The van der Waals surface area contributed by atoms with Crippen molar-refractivity contribution in [1.82, 2.24) is 0 Å². The molecule has 4 N–H and O–H groups in total. The summed E-state index contributed by atoms with van der Waals surface area (Å²) in [5.74, 6) is -5.93. The Bertz CT molecular complexity index is 520. The van der Waals surface area contributed by atoms with Crippen LogP contribution in [-0.2, 0) is 4.79 Å². The lowest BCUT2D eigenvalue weighted by molar-refractivity contribution is -0.118. The van der Waals surface area contributed by atoms with E-state index >= 15 is 0 Å². The molecule has 1 atom stereocenters. The number of carbonyl (C=O) groups excluding carboxylic acids is 1. The van der Waals surface area contributed by atoms with Crippen LogP contribution in [0.25, 0.3) is 0 Å².